The highest BCUT2D eigenvalue weighted by molar-refractivity contribution is 7.99. The molecule has 1 atom stereocenters. The molecular weight excluding hydrogens is 242 g/mol. The molecule has 0 fully saturated rings. The summed E-state index contributed by atoms with van der Waals surface area (Å²) in [6.45, 7) is 10.0. The molecule has 0 saturated heterocycles. The van der Waals surface area contributed by atoms with Gasteiger partial charge in [0.2, 0.25) is 0 Å². The fraction of sp³-hybridized carbons (Fsp3) is 0.600. The third kappa shape index (κ3) is 5.01. The van der Waals surface area contributed by atoms with E-state index in [4.69, 9.17) is 0 Å². The SMILES string of the molecule is CCNCc1cccc(SCC(C)(O)C(C)C)c1. The first-order valence-corrected chi connectivity index (χ1v) is 7.59. The number of thioether (sulfide) groups is 1. The van der Waals surface area contributed by atoms with Crippen LogP contribution in [0.3, 0.4) is 0 Å². The largest absolute Gasteiger partial charge is 0.389 e. The Labute approximate surface area is 115 Å². The van der Waals surface area contributed by atoms with E-state index in [1.807, 2.05) is 6.92 Å². The molecule has 0 aromatic heterocycles. The molecular formula is C15H25NOS. The number of nitrogens with one attached hydrogen (secondary N) is 1. The summed E-state index contributed by atoms with van der Waals surface area (Å²) in [6, 6.07) is 8.52. The number of hydrogen-bond donors (Lipinski definition) is 2. The summed E-state index contributed by atoms with van der Waals surface area (Å²) in [5, 5.41) is 13.6. The Bertz CT molecular complexity index is 363. The van der Waals surface area contributed by atoms with E-state index in [1.54, 1.807) is 11.8 Å². The number of hydrogen-bond acceptors (Lipinski definition) is 3. The lowest BCUT2D eigenvalue weighted by molar-refractivity contribution is 0.0376. The Morgan fingerprint density at radius 1 is 1.39 bits per heavy atom. The summed E-state index contributed by atoms with van der Waals surface area (Å²) in [7, 11) is 0. The minimum absolute atomic E-state index is 0.273. The van der Waals surface area contributed by atoms with E-state index >= 15 is 0 Å². The monoisotopic (exact) mass is 267 g/mol. The van der Waals surface area contributed by atoms with Gasteiger partial charge in [-0.1, -0.05) is 32.9 Å². The van der Waals surface area contributed by atoms with Gasteiger partial charge in [-0.15, -0.1) is 11.8 Å². The van der Waals surface area contributed by atoms with Crippen LogP contribution in [0.2, 0.25) is 0 Å². The van der Waals surface area contributed by atoms with Crippen molar-refractivity contribution < 1.29 is 5.11 Å². The zero-order chi connectivity index (χ0) is 13.6. The molecule has 2 N–H and O–H groups in total. The highest BCUT2D eigenvalue weighted by Crippen LogP contribution is 2.27. The molecule has 0 amide bonds. The second kappa shape index (κ2) is 7.17. The van der Waals surface area contributed by atoms with Crippen LogP contribution in [0, 0.1) is 5.92 Å². The van der Waals surface area contributed by atoms with Crippen LogP contribution in [0.4, 0.5) is 0 Å². The van der Waals surface area contributed by atoms with Crippen LogP contribution in [-0.2, 0) is 6.54 Å². The van der Waals surface area contributed by atoms with Gasteiger partial charge in [-0.05, 0) is 37.1 Å². The molecule has 3 heteroatoms. The van der Waals surface area contributed by atoms with E-state index in [2.05, 4.69) is 50.4 Å². The van der Waals surface area contributed by atoms with E-state index in [-0.39, 0.29) is 5.92 Å². The van der Waals surface area contributed by atoms with Crippen LogP contribution < -0.4 is 5.32 Å². The highest BCUT2D eigenvalue weighted by Gasteiger charge is 2.24. The van der Waals surface area contributed by atoms with Gasteiger partial charge in [-0.25, -0.2) is 0 Å². The molecule has 1 unspecified atom stereocenters. The minimum Gasteiger partial charge on any atom is -0.389 e. The molecule has 1 aromatic rings. The van der Waals surface area contributed by atoms with Crippen molar-refractivity contribution in [2.45, 2.75) is 44.7 Å². The Balaban J connectivity index is 2.57. The molecule has 0 bridgehead atoms. The summed E-state index contributed by atoms with van der Waals surface area (Å²) < 4.78 is 0. The van der Waals surface area contributed by atoms with Crippen molar-refractivity contribution in [3.63, 3.8) is 0 Å². The Morgan fingerprint density at radius 3 is 2.72 bits per heavy atom. The summed E-state index contributed by atoms with van der Waals surface area (Å²) in [4.78, 5) is 1.23. The van der Waals surface area contributed by atoms with E-state index in [1.165, 1.54) is 10.5 Å². The molecule has 18 heavy (non-hydrogen) atoms. The van der Waals surface area contributed by atoms with Gasteiger partial charge in [0.1, 0.15) is 0 Å². The fourth-order valence-corrected chi connectivity index (χ4v) is 2.61. The lowest BCUT2D eigenvalue weighted by atomic mass is 9.95. The van der Waals surface area contributed by atoms with E-state index in [9.17, 15) is 5.11 Å². The average Bonchev–Trinajstić information content (AvgIpc) is 2.34. The van der Waals surface area contributed by atoms with Crippen LogP contribution in [0.1, 0.15) is 33.3 Å². The lowest BCUT2D eigenvalue weighted by Gasteiger charge is -2.27. The molecule has 0 radical (unpaired) electrons. The molecule has 0 spiro atoms. The molecule has 0 saturated carbocycles. The van der Waals surface area contributed by atoms with Crippen molar-refractivity contribution in [3.8, 4) is 0 Å². The van der Waals surface area contributed by atoms with Crippen molar-refractivity contribution in [2.75, 3.05) is 12.3 Å². The maximum absolute atomic E-state index is 10.2. The Morgan fingerprint density at radius 2 is 2.11 bits per heavy atom. The maximum atomic E-state index is 10.2. The molecule has 102 valence electrons. The van der Waals surface area contributed by atoms with Crippen molar-refractivity contribution >= 4 is 11.8 Å². The van der Waals surface area contributed by atoms with E-state index in [0.717, 1.165) is 18.8 Å². The van der Waals surface area contributed by atoms with Crippen molar-refractivity contribution in [1.82, 2.24) is 5.32 Å². The second-order valence-corrected chi connectivity index (χ2v) is 6.28. The van der Waals surface area contributed by atoms with Crippen LogP contribution in [-0.4, -0.2) is 23.0 Å². The predicted molar refractivity (Wildman–Crippen MR) is 80.0 cm³/mol. The van der Waals surface area contributed by atoms with Crippen molar-refractivity contribution in [2.24, 2.45) is 5.92 Å². The van der Waals surface area contributed by atoms with Crippen LogP contribution >= 0.6 is 11.8 Å². The van der Waals surface area contributed by atoms with Crippen LogP contribution in [0.25, 0.3) is 0 Å². The number of aliphatic hydroxyl groups is 1. The fourth-order valence-electron chi connectivity index (χ4n) is 1.41. The standard InChI is InChI=1S/C15H25NOS/c1-5-16-10-13-7-6-8-14(9-13)18-11-15(4,17)12(2)3/h6-9,12,16-17H,5,10-11H2,1-4H3. The highest BCUT2D eigenvalue weighted by atomic mass is 32.2. The quantitative estimate of drug-likeness (QED) is 0.744. The van der Waals surface area contributed by atoms with Crippen molar-refractivity contribution in [3.05, 3.63) is 29.8 Å². The van der Waals surface area contributed by atoms with Crippen LogP contribution in [0.5, 0.6) is 0 Å². The van der Waals surface area contributed by atoms with E-state index < -0.39 is 5.60 Å². The van der Waals surface area contributed by atoms with Gasteiger partial charge in [-0.3, -0.25) is 0 Å². The molecule has 0 aliphatic carbocycles. The zero-order valence-electron chi connectivity index (χ0n) is 11.9. The topological polar surface area (TPSA) is 32.3 Å². The molecule has 1 aromatic carbocycles. The van der Waals surface area contributed by atoms with Gasteiger partial charge in [-0.2, -0.15) is 0 Å². The Hall–Kier alpha value is -0.510. The van der Waals surface area contributed by atoms with Gasteiger partial charge in [0.25, 0.3) is 0 Å². The van der Waals surface area contributed by atoms with Gasteiger partial charge in [0, 0.05) is 17.2 Å². The molecule has 0 aliphatic heterocycles. The molecule has 0 aliphatic rings. The Kier molecular flexibility index (Phi) is 6.19. The maximum Gasteiger partial charge on any atom is 0.0736 e. The van der Waals surface area contributed by atoms with Crippen molar-refractivity contribution in [1.29, 1.82) is 0 Å². The first-order chi connectivity index (χ1) is 8.45. The third-order valence-corrected chi connectivity index (χ3v) is 4.57. The zero-order valence-corrected chi connectivity index (χ0v) is 12.7. The second-order valence-electron chi connectivity index (χ2n) is 5.23. The van der Waals surface area contributed by atoms with Gasteiger partial charge >= 0.3 is 0 Å². The van der Waals surface area contributed by atoms with Gasteiger partial charge in [0.05, 0.1) is 5.60 Å². The first-order valence-electron chi connectivity index (χ1n) is 6.60. The molecule has 0 heterocycles. The summed E-state index contributed by atoms with van der Waals surface area (Å²) >= 11 is 1.73. The summed E-state index contributed by atoms with van der Waals surface area (Å²) in [5.41, 5.74) is 0.688. The average molecular weight is 267 g/mol. The van der Waals surface area contributed by atoms with E-state index in [0.29, 0.717) is 0 Å². The van der Waals surface area contributed by atoms with Crippen LogP contribution in [0.15, 0.2) is 29.2 Å². The summed E-state index contributed by atoms with van der Waals surface area (Å²) in [5.74, 6) is 1.00. The summed E-state index contributed by atoms with van der Waals surface area (Å²) in [6.07, 6.45) is 0. The predicted octanol–water partition coefficient (Wildman–Crippen LogP) is 3.30. The van der Waals surface area contributed by atoms with Gasteiger partial charge < -0.3 is 10.4 Å². The number of rotatable bonds is 7. The smallest absolute Gasteiger partial charge is 0.0736 e. The molecule has 1 rings (SSSR count). The normalized spacial score (nSPS) is 14.8. The molecule has 2 nitrogen and oxygen atoms in total. The van der Waals surface area contributed by atoms with Gasteiger partial charge in [0.15, 0.2) is 0 Å². The lowest BCUT2D eigenvalue weighted by Crippen LogP contribution is -2.33. The third-order valence-electron chi connectivity index (χ3n) is 3.25. The number of benzene rings is 1. The first kappa shape index (κ1) is 15.5. The minimum atomic E-state index is -0.609.